The van der Waals surface area contributed by atoms with Crippen molar-refractivity contribution in [2.45, 2.75) is 5.92 Å². The predicted octanol–water partition coefficient (Wildman–Crippen LogP) is 0.432. The standard InChI is InChI=1S/C26H31N3O2.Na/c1-27(2)20-11-7-18(8-12-20)25(19-9-13-21(14-10-19)28(3)4)23-16-15-22(29(5)6)17-24(23)26(30)31;/h7-17,25H,1-6H3,(H,30,31);/q;+1/p-1. The van der Waals surface area contributed by atoms with E-state index in [0.717, 1.165) is 33.8 Å². The van der Waals surface area contributed by atoms with Crippen LogP contribution in [0.15, 0.2) is 66.7 Å². The summed E-state index contributed by atoms with van der Waals surface area (Å²) in [7, 11) is 11.8. The van der Waals surface area contributed by atoms with Crippen molar-refractivity contribution in [2.75, 3.05) is 57.0 Å². The largest absolute Gasteiger partial charge is 1.00 e. The predicted molar refractivity (Wildman–Crippen MR) is 128 cm³/mol. The summed E-state index contributed by atoms with van der Waals surface area (Å²) >= 11 is 0. The van der Waals surface area contributed by atoms with Gasteiger partial charge in [-0.25, -0.2) is 0 Å². The monoisotopic (exact) mass is 439 g/mol. The van der Waals surface area contributed by atoms with Gasteiger partial charge < -0.3 is 24.6 Å². The number of rotatable bonds is 7. The van der Waals surface area contributed by atoms with Crippen LogP contribution in [0.4, 0.5) is 17.1 Å². The van der Waals surface area contributed by atoms with Crippen LogP contribution in [0.1, 0.15) is 33.0 Å². The molecule has 0 heterocycles. The molecule has 0 aromatic heterocycles. The summed E-state index contributed by atoms with van der Waals surface area (Å²) in [6.45, 7) is 0. The fourth-order valence-electron chi connectivity index (χ4n) is 3.73. The van der Waals surface area contributed by atoms with Crippen molar-refractivity contribution in [3.05, 3.63) is 89.0 Å². The van der Waals surface area contributed by atoms with E-state index in [1.807, 2.05) is 69.1 Å². The van der Waals surface area contributed by atoms with Gasteiger partial charge in [0.25, 0.3) is 0 Å². The second kappa shape index (κ2) is 10.9. The topological polar surface area (TPSA) is 49.8 Å². The second-order valence-corrected chi connectivity index (χ2v) is 8.36. The molecule has 0 amide bonds. The SMILES string of the molecule is CN(C)c1ccc(C(c2ccc(N(C)C)cc2)c2ccc(N(C)C)cc2C(=O)[O-])cc1.[Na+]. The van der Waals surface area contributed by atoms with E-state index in [1.165, 1.54) is 0 Å². The van der Waals surface area contributed by atoms with Crippen LogP contribution in [-0.2, 0) is 0 Å². The van der Waals surface area contributed by atoms with Crippen LogP contribution in [0.5, 0.6) is 0 Å². The third-order valence-electron chi connectivity index (χ3n) is 5.57. The van der Waals surface area contributed by atoms with E-state index in [0.29, 0.717) is 0 Å². The van der Waals surface area contributed by atoms with Crippen LogP contribution < -0.4 is 49.4 Å². The third kappa shape index (κ3) is 5.66. The molecule has 0 aliphatic rings. The van der Waals surface area contributed by atoms with Gasteiger partial charge in [-0.15, -0.1) is 0 Å². The number of carbonyl (C=O) groups is 1. The average molecular weight is 440 g/mol. The number of hydrogen-bond acceptors (Lipinski definition) is 5. The Morgan fingerprint density at radius 1 is 0.656 bits per heavy atom. The van der Waals surface area contributed by atoms with Crippen LogP contribution in [-0.4, -0.2) is 48.3 Å². The molecule has 6 heteroatoms. The Kier molecular flexibility index (Phi) is 8.79. The molecule has 0 spiro atoms. The Morgan fingerprint density at radius 2 is 1.03 bits per heavy atom. The fraction of sp³-hybridized carbons (Fsp3) is 0.269. The first-order valence-electron chi connectivity index (χ1n) is 10.3. The van der Waals surface area contributed by atoms with Gasteiger partial charge in [0.05, 0.1) is 5.97 Å². The number of benzene rings is 3. The molecule has 0 unspecified atom stereocenters. The Labute approximate surface area is 213 Å². The summed E-state index contributed by atoms with van der Waals surface area (Å²) in [6, 6.07) is 22.1. The summed E-state index contributed by atoms with van der Waals surface area (Å²) in [6.07, 6.45) is 0. The minimum absolute atomic E-state index is 0. The van der Waals surface area contributed by atoms with Gasteiger partial charge in [0.1, 0.15) is 0 Å². The molecule has 0 fully saturated rings. The number of carboxylic acids is 1. The zero-order valence-electron chi connectivity index (χ0n) is 20.1. The normalized spacial score (nSPS) is 10.5. The minimum atomic E-state index is -1.17. The zero-order valence-corrected chi connectivity index (χ0v) is 22.1. The molecular formula is C26H30N3NaO2. The van der Waals surface area contributed by atoms with Crippen LogP contribution in [0.3, 0.4) is 0 Å². The molecule has 0 radical (unpaired) electrons. The number of carboxylic acid groups (broad SMARTS) is 1. The van der Waals surface area contributed by atoms with Crippen molar-refractivity contribution < 1.29 is 39.5 Å². The molecule has 0 bridgehead atoms. The molecule has 0 saturated heterocycles. The average Bonchev–Trinajstić information content (AvgIpc) is 2.74. The molecule has 0 atom stereocenters. The van der Waals surface area contributed by atoms with Crippen molar-refractivity contribution >= 4 is 23.0 Å². The van der Waals surface area contributed by atoms with Crippen molar-refractivity contribution in [1.82, 2.24) is 0 Å². The number of carbonyl (C=O) groups excluding carboxylic acids is 1. The van der Waals surface area contributed by atoms with Crippen molar-refractivity contribution in [2.24, 2.45) is 0 Å². The Balaban J connectivity index is 0.00000363. The third-order valence-corrected chi connectivity index (χ3v) is 5.57. The van der Waals surface area contributed by atoms with Crippen molar-refractivity contribution in [1.29, 1.82) is 0 Å². The summed E-state index contributed by atoms with van der Waals surface area (Å²) in [5, 5.41) is 12.1. The van der Waals surface area contributed by atoms with Crippen LogP contribution in [0, 0.1) is 0 Å². The smallest absolute Gasteiger partial charge is 0.545 e. The Bertz CT molecular complexity index is 994. The maximum Gasteiger partial charge on any atom is 1.00 e. The Hall–Kier alpha value is -2.47. The summed E-state index contributed by atoms with van der Waals surface area (Å²) in [5.74, 6) is -1.39. The molecule has 0 saturated carbocycles. The van der Waals surface area contributed by atoms with Gasteiger partial charge in [-0.1, -0.05) is 30.3 Å². The van der Waals surface area contributed by atoms with Crippen LogP contribution in [0.2, 0.25) is 0 Å². The number of aromatic carboxylic acids is 1. The maximum atomic E-state index is 12.1. The van der Waals surface area contributed by atoms with Crippen LogP contribution in [0.25, 0.3) is 0 Å². The van der Waals surface area contributed by atoms with E-state index in [-0.39, 0.29) is 41.0 Å². The van der Waals surface area contributed by atoms with Gasteiger partial charge in [0.2, 0.25) is 0 Å². The molecule has 32 heavy (non-hydrogen) atoms. The first kappa shape index (κ1) is 25.8. The zero-order chi connectivity index (χ0) is 22.7. The van der Waals surface area contributed by atoms with Gasteiger partial charge in [-0.05, 0) is 53.1 Å². The molecule has 0 N–H and O–H groups in total. The minimum Gasteiger partial charge on any atom is -0.545 e. The van der Waals surface area contributed by atoms with Gasteiger partial charge >= 0.3 is 29.6 Å². The molecule has 0 aliphatic heterocycles. The van der Waals surface area contributed by atoms with Crippen molar-refractivity contribution in [3.8, 4) is 0 Å². The van der Waals surface area contributed by atoms with Crippen molar-refractivity contribution in [3.63, 3.8) is 0 Å². The van der Waals surface area contributed by atoms with E-state index in [9.17, 15) is 9.90 Å². The summed E-state index contributed by atoms with van der Waals surface area (Å²) < 4.78 is 0. The Morgan fingerprint density at radius 3 is 1.38 bits per heavy atom. The van der Waals surface area contributed by atoms with Gasteiger partial charge in [0, 0.05) is 70.8 Å². The molecule has 3 aromatic rings. The van der Waals surface area contributed by atoms with E-state index in [1.54, 1.807) is 6.07 Å². The molecule has 162 valence electrons. The maximum absolute atomic E-state index is 12.1. The van der Waals surface area contributed by atoms with E-state index in [2.05, 4.69) is 48.5 Å². The fourth-order valence-corrected chi connectivity index (χ4v) is 3.73. The van der Waals surface area contributed by atoms with Gasteiger partial charge in [-0.2, -0.15) is 0 Å². The summed E-state index contributed by atoms with van der Waals surface area (Å²) in [4.78, 5) is 18.1. The number of nitrogens with zero attached hydrogens (tertiary/aromatic N) is 3. The summed E-state index contributed by atoms with van der Waals surface area (Å²) in [5.41, 5.74) is 6.01. The number of anilines is 3. The molecular weight excluding hydrogens is 409 g/mol. The first-order chi connectivity index (χ1) is 14.7. The molecule has 0 aliphatic carbocycles. The van der Waals surface area contributed by atoms with E-state index in [4.69, 9.17) is 0 Å². The van der Waals surface area contributed by atoms with Crippen LogP contribution >= 0.6 is 0 Å². The number of hydrogen-bond donors (Lipinski definition) is 0. The second-order valence-electron chi connectivity index (χ2n) is 8.36. The molecule has 3 rings (SSSR count). The van der Waals surface area contributed by atoms with Gasteiger partial charge in [0.15, 0.2) is 0 Å². The van der Waals surface area contributed by atoms with Gasteiger partial charge in [-0.3, -0.25) is 0 Å². The quantitative estimate of drug-likeness (QED) is 0.395. The molecule has 3 aromatic carbocycles. The first-order valence-corrected chi connectivity index (χ1v) is 10.3. The van der Waals surface area contributed by atoms with E-state index < -0.39 is 5.97 Å². The van der Waals surface area contributed by atoms with E-state index >= 15 is 0 Å². The molecule has 5 nitrogen and oxygen atoms in total.